The normalized spacial score (nSPS) is 29.8. The summed E-state index contributed by atoms with van der Waals surface area (Å²) < 4.78 is 6.00. The van der Waals surface area contributed by atoms with Gasteiger partial charge in [-0.1, -0.05) is 0 Å². The molecule has 1 heterocycles. The van der Waals surface area contributed by atoms with Crippen molar-refractivity contribution in [2.45, 2.75) is 64.2 Å². The molecule has 1 saturated heterocycles. The molecule has 2 fully saturated rings. The zero-order valence-electron chi connectivity index (χ0n) is 12.2. The average molecular weight is 254 g/mol. The SMILES string of the molecule is CC1(C)CN(C(=O)C(C)(N)C2CC2)CC(C)(C)O1. The van der Waals surface area contributed by atoms with Crippen LogP contribution >= 0.6 is 0 Å². The molecule has 1 amide bonds. The maximum atomic E-state index is 12.6. The molecule has 0 aromatic heterocycles. The van der Waals surface area contributed by atoms with Crippen LogP contribution in [0.5, 0.6) is 0 Å². The summed E-state index contributed by atoms with van der Waals surface area (Å²) in [5, 5.41) is 0. The van der Waals surface area contributed by atoms with Crippen molar-refractivity contribution in [3.05, 3.63) is 0 Å². The van der Waals surface area contributed by atoms with Gasteiger partial charge in [0.05, 0.1) is 16.7 Å². The van der Waals surface area contributed by atoms with Crippen LogP contribution in [0.1, 0.15) is 47.5 Å². The Morgan fingerprint density at radius 2 is 1.67 bits per heavy atom. The first-order chi connectivity index (χ1) is 8.04. The molecule has 2 N–H and O–H groups in total. The van der Waals surface area contributed by atoms with Gasteiger partial charge in [-0.3, -0.25) is 4.79 Å². The molecule has 18 heavy (non-hydrogen) atoms. The predicted octanol–water partition coefficient (Wildman–Crippen LogP) is 1.53. The summed E-state index contributed by atoms with van der Waals surface area (Å²) in [5.41, 5.74) is 4.92. The molecule has 4 heteroatoms. The summed E-state index contributed by atoms with van der Waals surface area (Å²) in [6, 6.07) is 0. The van der Waals surface area contributed by atoms with Gasteiger partial charge < -0.3 is 15.4 Å². The van der Waals surface area contributed by atoms with Crippen molar-refractivity contribution in [3.8, 4) is 0 Å². The number of rotatable bonds is 2. The first kappa shape index (κ1) is 13.8. The fourth-order valence-electron chi connectivity index (χ4n) is 3.13. The van der Waals surface area contributed by atoms with Gasteiger partial charge in [-0.25, -0.2) is 0 Å². The van der Waals surface area contributed by atoms with Crippen LogP contribution in [0.15, 0.2) is 0 Å². The Morgan fingerprint density at radius 1 is 1.22 bits per heavy atom. The minimum Gasteiger partial charge on any atom is -0.366 e. The number of carbonyl (C=O) groups excluding carboxylic acids is 1. The van der Waals surface area contributed by atoms with E-state index in [0.29, 0.717) is 19.0 Å². The van der Waals surface area contributed by atoms with Crippen molar-refractivity contribution in [2.75, 3.05) is 13.1 Å². The third-order valence-electron chi connectivity index (χ3n) is 3.87. The summed E-state index contributed by atoms with van der Waals surface area (Å²) in [4.78, 5) is 14.5. The minimum atomic E-state index is -0.705. The Morgan fingerprint density at radius 3 is 2.06 bits per heavy atom. The molecule has 0 bridgehead atoms. The second-order valence-corrected chi connectivity index (χ2v) is 7.34. The van der Waals surface area contributed by atoms with E-state index in [1.54, 1.807) is 0 Å². The molecular formula is C14H26N2O2. The standard InChI is InChI=1S/C14H26N2O2/c1-12(2)8-16(9-13(3,4)18-12)11(17)14(5,15)10-6-7-10/h10H,6-9,15H2,1-5H3. The van der Waals surface area contributed by atoms with E-state index in [1.165, 1.54) is 0 Å². The lowest BCUT2D eigenvalue weighted by Crippen LogP contribution is -2.64. The van der Waals surface area contributed by atoms with Gasteiger partial charge in [-0.05, 0) is 53.4 Å². The number of nitrogens with two attached hydrogens (primary N) is 1. The van der Waals surface area contributed by atoms with Crippen molar-refractivity contribution in [1.29, 1.82) is 0 Å². The van der Waals surface area contributed by atoms with Gasteiger partial charge >= 0.3 is 0 Å². The fourth-order valence-corrected chi connectivity index (χ4v) is 3.13. The molecule has 1 atom stereocenters. The second-order valence-electron chi connectivity index (χ2n) is 7.34. The zero-order valence-corrected chi connectivity index (χ0v) is 12.2. The number of ether oxygens (including phenoxy) is 1. The number of nitrogens with zero attached hydrogens (tertiary/aromatic N) is 1. The van der Waals surface area contributed by atoms with E-state index >= 15 is 0 Å². The van der Waals surface area contributed by atoms with Gasteiger partial charge in [-0.15, -0.1) is 0 Å². The Hall–Kier alpha value is -0.610. The molecule has 0 radical (unpaired) electrons. The van der Waals surface area contributed by atoms with Crippen molar-refractivity contribution in [3.63, 3.8) is 0 Å². The second kappa shape index (κ2) is 3.94. The molecule has 1 aliphatic heterocycles. The summed E-state index contributed by atoms with van der Waals surface area (Å²) in [7, 11) is 0. The smallest absolute Gasteiger partial charge is 0.242 e. The number of morpholine rings is 1. The van der Waals surface area contributed by atoms with Crippen LogP contribution in [0.3, 0.4) is 0 Å². The van der Waals surface area contributed by atoms with Crippen LogP contribution in [0.2, 0.25) is 0 Å². The van der Waals surface area contributed by atoms with E-state index in [0.717, 1.165) is 12.8 Å². The molecule has 0 aromatic rings. The summed E-state index contributed by atoms with van der Waals surface area (Å²) in [5.74, 6) is 0.438. The van der Waals surface area contributed by atoms with E-state index < -0.39 is 5.54 Å². The third-order valence-corrected chi connectivity index (χ3v) is 3.87. The molecule has 1 aliphatic carbocycles. The van der Waals surface area contributed by atoms with Gasteiger partial charge in [0.25, 0.3) is 0 Å². The lowest BCUT2D eigenvalue weighted by molar-refractivity contribution is -0.190. The van der Waals surface area contributed by atoms with Crippen LogP contribution in [0, 0.1) is 5.92 Å². The Kier molecular flexibility index (Phi) is 3.02. The van der Waals surface area contributed by atoms with Gasteiger partial charge in [-0.2, -0.15) is 0 Å². The van der Waals surface area contributed by atoms with E-state index in [-0.39, 0.29) is 17.1 Å². The zero-order chi connectivity index (χ0) is 13.8. The summed E-state index contributed by atoms with van der Waals surface area (Å²) >= 11 is 0. The molecule has 1 saturated carbocycles. The molecule has 0 spiro atoms. The largest absolute Gasteiger partial charge is 0.366 e. The topological polar surface area (TPSA) is 55.6 Å². The van der Waals surface area contributed by atoms with Gasteiger partial charge in [0, 0.05) is 13.1 Å². The van der Waals surface area contributed by atoms with Crippen molar-refractivity contribution in [2.24, 2.45) is 11.7 Å². The Bertz CT molecular complexity index is 341. The molecule has 4 nitrogen and oxygen atoms in total. The highest BCUT2D eigenvalue weighted by molar-refractivity contribution is 5.86. The molecule has 2 aliphatic rings. The fraction of sp³-hybridized carbons (Fsp3) is 0.929. The maximum Gasteiger partial charge on any atom is 0.242 e. The number of amides is 1. The molecule has 2 rings (SSSR count). The van der Waals surface area contributed by atoms with Crippen molar-refractivity contribution in [1.82, 2.24) is 4.90 Å². The maximum absolute atomic E-state index is 12.6. The quantitative estimate of drug-likeness (QED) is 0.813. The van der Waals surface area contributed by atoms with Gasteiger partial charge in [0.2, 0.25) is 5.91 Å². The third kappa shape index (κ3) is 2.69. The van der Waals surface area contributed by atoms with Crippen LogP contribution in [-0.2, 0) is 9.53 Å². The first-order valence-electron chi connectivity index (χ1n) is 6.82. The number of carbonyl (C=O) groups is 1. The van der Waals surface area contributed by atoms with Crippen LogP contribution < -0.4 is 5.73 Å². The molecule has 104 valence electrons. The number of hydrogen-bond acceptors (Lipinski definition) is 3. The van der Waals surface area contributed by atoms with E-state index in [1.807, 2.05) is 39.5 Å². The highest BCUT2D eigenvalue weighted by Gasteiger charge is 2.49. The predicted molar refractivity (Wildman–Crippen MR) is 71.1 cm³/mol. The lowest BCUT2D eigenvalue weighted by Gasteiger charge is -2.48. The van der Waals surface area contributed by atoms with Gasteiger partial charge in [0.1, 0.15) is 0 Å². The van der Waals surface area contributed by atoms with Crippen LogP contribution in [0.4, 0.5) is 0 Å². The average Bonchev–Trinajstić information content (AvgIpc) is 2.94. The Labute approximate surface area is 110 Å². The first-order valence-corrected chi connectivity index (χ1v) is 6.82. The molecule has 0 aromatic carbocycles. The summed E-state index contributed by atoms with van der Waals surface area (Å²) in [6.45, 7) is 11.2. The van der Waals surface area contributed by atoms with Crippen LogP contribution in [0.25, 0.3) is 0 Å². The van der Waals surface area contributed by atoms with E-state index in [9.17, 15) is 4.79 Å². The van der Waals surface area contributed by atoms with Gasteiger partial charge in [0.15, 0.2) is 0 Å². The number of hydrogen-bond donors (Lipinski definition) is 1. The minimum absolute atomic E-state index is 0.0782. The Balaban J connectivity index is 2.15. The van der Waals surface area contributed by atoms with Crippen LogP contribution in [-0.4, -0.2) is 40.6 Å². The highest BCUT2D eigenvalue weighted by atomic mass is 16.5. The van der Waals surface area contributed by atoms with Crippen molar-refractivity contribution >= 4 is 5.91 Å². The molecule has 1 unspecified atom stereocenters. The lowest BCUT2D eigenvalue weighted by atomic mass is 9.92. The highest BCUT2D eigenvalue weighted by Crippen LogP contribution is 2.40. The van der Waals surface area contributed by atoms with Crippen molar-refractivity contribution < 1.29 is 9.53 Å². The van der Waals surface area contributed by atoms with E-state index in [4.69, 9.17) is 10.5 Å². The monoisotopic (exact) mass is 254 g/mol. The summed E-state index contributed by atoms with van der Waals surface area (Å²) in [6.07, 6.45) is 2.16. The molecular weight excluding hydrogens is 228 g/mol. The van der Waals surface area contributed by atoms with E-state index in [2.05, 4.69) is 0 Å².